The number of hydrogen-bond donors (Lipinski definition) is 0. The van der Waals surface area contributed by atoms with Crippen LogP contribution in [0.2, 0.25) is 0 Å². The van der Waals surface area contributed by atoms with Gasteiger partial charge >= 0.3 is 0 Å². The lowest BCUT2D eigenvalue weighted by molar-refractivity contribution is 0.112. The van der Waals surface area contributed by atoms with Crippen molar-refractivity contribution >= 4 is 6.29 Å². The van der Waals surface area contributed by atoms with E-state index < -0.39 is 5.82 Å². The average molecular weight is 260 g/mol. The fourth-order valence-electron chi connectivity index (χ4n) is 2.33. The average Bonchev–Trinajstić information content (AvgIpc) is 2.66. The van der Waals surface area contributed by atoms with Gasteiger partial charge in [0.15, 0.2) is 6.29 Å². The molecule has 0 spiro atoms. The molecular weight excluding hydrogens is 243 g/mol. The van der Waals surface area contributed by atoms with Gasteiger partial charge in [0.25, 0.3) is 0 Å². The van der Waals surface area contributed by atoms with Crippen molar-refractivity contribution in [1.82, 2.24) is 9.78 Å². The lowest BCUT2D eigenvalue weighted by Gasteiger charge is -2.05. The third kappa shape index (κ3) is 2.43. The fraction of sp³-hybridized carbons (Fsp3) is 0.333. The summed E-state index contributed by atoms with van der Waals surface area (Å²) >= 11 is 0. The second-order valence-corrected chi connectivity index (χ2v) is 4.62. The first-order chi connectivity index (χ1) is 9.08. The Hall–Kier alpha value is -1.97. The first kappa shape index (κ1) is 13.5. The Morgan fingerprint density at radius 3 is 2.74 bits per heavy atom. The Bertz CT molecular complexity index is 617. The fourth-order valence-corrected chi connectivity index (χ4v) is 2.33. The maximum Gasteiger partial charge on any atom is 0.153 e. The molecule has 0 fully saturated rings. The summed E-state index contributed by atoms with van der Waals surface area (Å²) in [7, 11) is 0. The van der Waals surface area contributed by atoms with Gasteiger partial charge in [-0.05, 0) is 38.0 Å². The molecule has 0 radical (unpaired) electrons. The Morgan fingerprint density at radius 1 is 1.37 bits per heavy atom. The van der Waals surface area contributed by atoms with E-state index in [2.05, 4.69) is 12.0 Å². The van der Waals surface area contributed by atoms with E-state index in [9.17, 15) is 9.18 Å². The van der Waals surface area contributed by atoms with Crippen LogP contribution in [0.15, 0.2) is 18.2 Å². The highest BCUT2D eigenvalue weighted by Crippen LogP contribution is 2.28. The second kappa shape index (κ2) is 5.34. The standard InChI is InChI=1S/C15H17FN2O/c1-4-7-18-11(3)15(10(2)17-18)12-5-6-14(16)13(8-12)9-19/h5-6,8-9H,4,7H2,1-3H3. The molecule has 0 bridgehead atoms. The molecule has 2 rings (SSSR count). The van der Waals surface area contributed by atoms with Crippen molar-refractivity contribution in [3.8, 4) is 11.1 Å². The predicted octanol–water partition coefficient (Wildman–Crippen LogP) is 3.53. The number of aldehydes is 1. The van der Waals surface area contributed by atoms with Crippen molar-refractivity contribution in [2.75, 3.05) is 0 Å². The van der Waals surface area contributed by atoms with Crippen LogP contribution in [0.4, 0.5) is 4.39 Å². The Morgan fingerprint density at radius 2 is 2.11 bits per heavy atom. The molecule has 0 saturated heterocycles. The number of nitrogens with zero attached hydrogens (tertiary/aromatic N) is 2. The van der Waals surface area contributed by atoms with E-state index in [0.717, 1.165) is 35.5 Å². The van der Waals surface area contributed by atoms with Crippen LogP contribution in [-0.2, 0) is 6.54 Å². The molecule has 3 nitrogen and oxygen atoms in total. The van der Waals surface area contributed by atoms with Gasteiger partial charge in [-0.25, -0.2) is 4.39 Å². The summed E-state index contributed by atoms with van der Waals surface area (Å²) in [5.41, 5.74) is 3.84. The van der Waals surface area contributed by atoms with Gasteiger partial charge in [0.05, 0.1) is 11.3 Å². The zero-order valence-electron chi connectivity index (χ0n) is 11.4. The highest BCUT2D eigenvalue weighted by atomic mass is 19.1. The van der Waals surface area contributed by atoms with Crippen molar-refractivity contribution in [3.63, 3.8) is 0 Å². The van der Waals surface area contributed by atoms with Crippen molar-refractivity contribution < 1.29 is 9.18 Å². The molecule has 1 aromatic heterocycles. The van der Waals surface area contributed by atoms with Crippen molar-refractivity contribution in [3.05, 3.63) is 41.0 Å². The summed E-state index contributed by atoms with van der Waals surface area (Å²) in [6, 6.07) is 4.60. The van der Waals surface area contributed by atoms with Crippen LogP contribution in [0.5, 0.6) is 0 Å². The number of carbonyl (C=O) groups is 1. The minimum absolute atomic E-state index is 0.0829. The normalized spacial score (nSPS) is 10.7. The third-order valence-corrected chi connectivity index (χ3v) is 3.23. The van der Waals surface area contributed by atoms with E-state index in [1.807, 2.05) is 18.5 Å². The molecule has 0 aliphatic rings. The first-order valence-electron chi connectivity index (χ1n) is 6.37. The highest BCUT2D eigenvalue weighted by Gasteiger charge is 2.14. The summed E-state index contributed by atoms with van der Waals surface area (Å²) in [5, 5.41) is 4.49. The smallest absolute Gasteiger partial charge is 0.153 e. The van der Waals surface area contributed by atoms with E-state index in [1.54, 1.807) is 12.1 Å². The van der Waals surface area contributed by atoms with Crippen LogP contribution in [0.3, 0.4) is 0 Å². The van der Waals surface area contributed by atoms with Gasteiger partial charge in [0.2, 0.25) is 0 Å². The monoisotopic (exact) mass is 260 g/mol. The first-order valence-corrected chi connectivity index (χ1v) is 6.37. The van der Waals surface area contributed by atoms with Gasteiger partial charge in [-0.15, -0.1) is 0 Å². The summed E-state index contributed by atoms with van der Waals surface area (Å²) < 4.78 is 15.3. The summed E-state index contributed by atoms with van der Waals surface area (Å²) in [4.78, 5) is 10.8. The zero-order valence-corrected chi connectivity index (χ0v) is 11.4. The van der Waals surface area contributed by atoms with Crippen LogP contribution in [0.25, 0.3) is 11.1 Å². The zero-order chi connectivity index (χ0) is 14.0. The molecular formula is C15H17FN2O. The van der Waals surface area contributed by atoms with Crippen LogP contribution in [-0.4, -0.2) is 16.1 Å². The SMILES string of the molecule is CCCn1nc(C)c(-c2ccc(F)c(C=O)c2)c1C. The number of rotatable bonds is 4. The van der Waals surface area contributed by atoms with Crippen LogP contribution in [0, 0.1) is 19.7 Å². The van der Waals surface area contributed by atoms with Gasteiger partial charge in [0.1, 0.15) is 5.82 Å². The molecule has 0 unspecified atom stereocenters. The maximum atomic E-state index is 13.4. The molecule has 0 aliphatic heterocycles. The Kier molecular flexibility index (Phi) is 3.79. The molecule has 4 heteroatoms. The van der Waals surface area contributed by atoms with E-state index in [1.165, 1.54) is 6.07 Å². The molecule has 0 atom stereocenters. The predicted molar refractivity (Wildman–Crippen MR) is 72.8 cm³/mol. The van der Waals surface area contributed by atoms with Crippen LogP contribution in [0.1, 0.15) is 35.1 Å². The second-order valence-electron chi connectivity index (χ2n) is 4.62. The topological polar surface area (TPSA) is 34.9 Å². The summed E-state index contributed by atoms with van der Waals surface area (Å²) in [6.45, 7) is 6.88. The minimum Gasteiger partial charge on any atom is -0.298 e. The number of aryl methyl sites for hydroxylation is 2. The molecule has 0 N–H and O–H groups in total. The van der Waals surface area contributed by atoms with Crippen molar-refractivity contribution in [2.45, 2.75) is 33.7 Å². The summed E-state index contributed by atoms with van der Waals surface area (Å²) in [6.07, 6.45) is 1.55. The number of carbonyl (C=O) groups excluding carboxylic acids is 1. The lowest BCUT2D eigenvalue weighted by Crippen LogP contribution is -2.01. The number of halogens is 1. The number of aromatic nitrogens is 2. The molecule has 0 aliphatic carbocycles. The van der Waals surface area contributed by atoms with E-state index in [4.69, 9.17) is 0 Å². The van der Waals surface area contributed by atoms with Gasteiger partial charge in [-0.2, -0.15) is 5.10 Å². The Balaban J connectivity index is 2.55. The van der Waals surface area contributed by atoms with Gasteiger partial charge in [-0.3, -0.25) is 9.48 Å². The van der Waals surface area contributed by atoms with Crippen molar-refractivity contribution in [2.24, 2.45) is 0 Å². The lowest BCUT2D eigenvalue weighted by atomic mass is 10.0. The van der Waals surface area contributed by atoms with Crippen LogP contribution < -0.4 is 0 Å². The number of hydrogen-bond acceptors (Lipinski definition) is 2. The molecule has 1 heterocycles. The van der Waals surface area contributed by atoms with Gasteiger partial charge < -0.3 is 0 Å². The van der Waals surface area contributed by atoms with Crippen molar-refractivity contribution in [1.29, 1.82) is 0 Å². The Labute approximate surface area is 112 Å². The maximum absolute atomic E-state index is 13.4. The van der Waals surface area contributed by atoms with Gasteiger partial charge in [-0.1, -0.05) is 13.0 Å². The molecule has 1 aromatic carbocycles. The molecule has 100 valence electrons. The molecule has 0 amide bonds. The molecule has 2 aromatic rings. The highest BCUT2D eigenvalue weighted by molar-refractivity contribution is 5.80. The third-order valence-electron chi connectivity index (χ3n) is 3.23. The van der Waals surface area contributed by atoms with E-state index in [-0.39, 0.29) is 5.56 Å². The number of benzene rings is 1. The molecule has 19 heavy (non-hydrogen) atoms. The van der Waals surface area contributed by atoms with E-state index in [0.29, 0.717) is 6.29 Å². The van der Waals surface area contributed by atoms with Gasteiger partial charge in [0, 0.05) is 17.8 Å². The summed E-state index contributed by atoms with van der Waals surface area (Å²) in [5.74, 6) is -0.491. The quantitative estimate of drug-likeness (QED) is 0.788. The molecule has 0 saturated carbocycles. The largest absolute Gasteiger partial charge is 0.298 e. The van der Waals surface area contributed by atoms with Crippen LogP contribution >= 0.6 is 0 Å². The van der Waals surface area contributed by atoms with E-state index >= 15 is 0 Å². The minimum atomic E-state index is -0.491.